The molecule has 0 amide bonds. The van der Waals surface area contributed by atoms with Gasteiger partial charge in [0.15, 0.2) is 5.56 Å². The molecule has 0 fully saturated rings. The molecule has 2 unspecified atom stereocenters. The number of hydrogen-bond donors (Lipinski definition) is 1. The van der Waals surface area contributed by atoms with Crippen LogP contribution in [0.3, 0.4) is 0 Å². The van der Waals surface area contributed by atoms with Crippen LogP contribution in [0.15, 0.2) is 0 Å². The number of carboxylic acid groups (broad SMARTS) is 2. The third kappa shape index (κ3) is 4.86. The smallest absolute Gasteiger partial charge is 0.507 e. The summed E-state index contributed by atoms with van der Waals surface area (Å²) in [6, 6.07) is 0. The fraction of sp³-hybridized carbons (Fsp3) is 0.500. The fourth-order valence-electron chi connectivity index (χ4n) is 0.295. The van der Waals surface area contributed by atoms with Crippen LogP contribution in [0.5, 0.6) is 0 Å². The molecule has 0 aromatic heterocycles. The summed E-state index contributed by atoms with van der Waals surface area (Å²) >= 11 is 10.2. The van der Waals surface area contributed by atoms with Gasteiger partial charge in [0.1, 0.15) is 0 Å². The standard InChI is InChI=1S/C4H4Cl2O6/c5-1(11-3(7)8)2(6)12-4(9)10/h1-2H,(H,7,8)(H,9,10)/p-1. The second-order valence-electron chi connectivity index (χ2n) is 1.45. The molecule has 0 heterocycles. The number of alkyl halides is 2. The van der Waals surface area contributed by atoms with Crippen molar-refractivity contribution in [3.05, 3.63) is 0 Å². The number of carbonyl (C=O) groups is 2. The minimum atomic E-state index is -1.92. The Labute approximate surface area is 76.6 Å². The Kier molecular flexibility index (Phi) is 4.53. The molecule has 0 aliphatic heterocycles. The monoisotopic (exact) mass is 217 g/mol. The Morgan fingerprint density at radius 2 is 1.67 bits per heavy atom. The van der Waals surface area contributed by atoms with Crippen molar-refractivity contribution in [2.75, 3.05) is 0 Å². The van der Waals surface area contributed by atoms with E-state index in [4.69, 9.17) is 28.3 Å². The molecule has 0 aliphatic rings. The molecule has 0 spiro atoms. The first kappa shape index (κ1) is 11.1. The van der Waals surface area contributed by atoms with Crippen molar-refractivity contribution in [2.24, 2.45) is 0 Å². The van der Waals surface area contributed by atoms with Crippen molar-refractivity contribution in [2.45, 2.75) is 11.1 Å². The molecule has 12 heavy (non-hydrogen) atoms. The molecule has 0 aliphatic carbocycles. The summed E-state index contributed by atoms with van der Waals surface area (Å²) in [6.45, 7) is 0. The van der Waals surface area contributed by atoms with Crippen LogP contribution in [0.4, 0.5) is 9.59 Å². The first-order valence-corrected chi connectivity index (χ1v) is 3.36. The summed E-state index contributed by atoms with van der Waals surface area (Å²) in [4.78, 5) is 19.5. The lowest BCUT2D eigenvalue weighted by Gasteiger charge is -2.18. The molecule has 1 N–H and O–H groups in total. The number of halogens is 2. The highest BCUT2D eigenvalue weighted by Crippen LogP contribution is 2.12. The van der Waals surface area contributed by atoms with Crippen LogP contribution < -0.4 is 5.11 Å². The minimum absolute atomic E-state index is 1.61. The van der Waals surface area contributed by atoms with E-state index in [1.54, 1.807) is 0 Å². The SMILES string of the molecule is O=C([O-])OC(Cl)C(Cl)OC(=O)O. The molecule has 0 rings (SSSR count). The molecular weight excluding hydrogens is 215 g/mol. The normalized spacial score (nSPS) is 14.5. The van der Waals surface area contributed by atoms with Crippen molar-refractivity contribution in [3.8, 4) is 0 Å². The maximum atomic E-state index is 9.82. The van der Waals surface area contributed by atoms with E-state index < -0.39 is 23.4 Å². The summed E-state index contributed by atoms with van der Waals surface area (Å²) in [7, 11) is 0. The summed E-state index contributed by atoms with van der Waals surface area (Å²) < 4.78 is 7.61. The van der Waals surface area contributed by atoms with Gasteiger partial charge >= 0.3 is 6.16 Å². The highest BCUT2D eigenvalue weighted by Gasteiger charge is 2.19. The van der Waals surface area contributed by atoms with Crippen molar-refractivity contribution >= 4 is 35.5 Å². The van der Waals surface area contributed by atoms with E-state index in [-0.39, 0.29) is 0 Å². The highest BCUT2D eigenvalue weighted by molar-refractivity contribution is 6.29. The lowest BCUT2D eigenvalue weighted by Crippen LogP contribution is -2.32. The second-order valence-corrected chi connectivity index (χ2v) is 2.31. The number of carbonyl (C=O) groups excluding carboxylic acids is 1. The van der Waals surface area contributed by atoms with Crippen LogP contribution in [0.25, 0.3) is 0 Å². The Balaban J connectivity index is 3.83. The first-order valence-electron chi connectivity index (χ1n) is 2.49. The lowest BCUT2D eigenvalue weighted by molar-refractivity contribution is -0.285. The van der Waals surface area contributed by atoms with Gasteiger partial charge in [-0.1, -0.05) is 23.2 Å². The molecule has 0 aromatic rings. The molecule has 2 atom stereocenters. The van der Waals surface area contributed by atoms with Crippen LogP contribution in [0, 0.1) is 0 Å². The topological polar surface area (TPSA) is 95.9 Å². The molecule has 0 saturated heterocycles. The molecular formula is C4H3Cl2O6-. The quantitative estimate of drug-likeness (QED) is 0.535. The van der Waals surface area contributed by atoms with Gasteiger partial charge in [-0.25, -0.2) is 4.79 Å². The van der Waals surface area contributed by atoms with Gasteiger partial charge in [0.2, 0.25) is 5.56 Å². The molecule has 0 saturated carbocycles. The van der Waals surface area contributed by atoms with Crippen molar-refractivity contribution < 1.29 is 29.3 Å². The largest absolute Gasteiger partial charge is 0.525 e. The van der Waals surface area contributed by atoms with Crippen molar-refractivity contribution in [1.82, 2.24) is 0 Å². The van der Waals surface area contributed by atoms with E-state index in [0.29, 0.717) is 0 Å². The fourth-order valence-corrected chi connectivity index (χ4v) is 0.547. The zero-order chi connectivity index (χ0) is 9.72. The van der Waals surface area contributed by atoms with E-state index in [9.17, 15) is 14.7 Å². The van der Waals surface area contributed by atoms with E-state index >= 15 is 0 Å². The van der Waals surface area contributed by atoms with E-state index in [0.717, 1.165) is 0 Å². The maximum absolute atomic E-state index is 9.82. The zero-order valence-electron chi connectivity index (χ0n) is 5.40. The lowest BCUT2D eigenvalue weighted by atomic mass is 10.7. The third-order valence-electron chi connectivity index (χ3n) is 0.628. The Bertz CT molecular complexity index is 162. The van der Waals surface area contributed by atoms with E-state index in [2.05, 4.69) is 9.47 Å². The van der Waals surface area contributed by atoms with Gasteiger partial charge in [0.05, 0.1) is 0 Å². The van der Waals surface area contributed by atoms with Crippen LogP contribution in [-0.2, 0) is 9.47 Å². The first-order chi connectivity index (χ1) is 5.43. The zero-order valence-corrected chi connectivity index (χ0v) is 6.91. The molecule has 70 valence electrons. The summed E-state index contributed by atoms with van der Waals surface area (Å²) in [6.07, 6.45) is -3.61. The van der Waals surface area contributed by atoms with Crippen LogP contribution in [-0.4, -0.2) is 28.5 Å². The predicted molar refractivity (Wildman–Crippen MR) is 34.9 cm³/mol. The second kappa shape index (κ2) is 4.89. The predicted octanol–water partition coefficient (Wildman–Crippen LogP) is 0.171. The van der Waals surface area contributed by atoms with Crippen LogP contribution in [0.1, 0.15) is 0 Å². The number of ether oxygens (including phenoxy) is 2. The van der Waals surface area contributed by atoms with Gasteiger partial charge in [-0.15, -0.1) is 0 Å². The number of rotatable bonds is 3. The summed E-state index contributed by atoms with van der Waals surface area (Å²) in [5.41, 5.74) is -3.24. The summed E-state index contributed by atoms with van der Waals surface area (Å²) in [5.74, 6) is 0. The average Bonchev–Trinajstić information content (AvgIpc) is 1.84. The molecule has 8 heteroatoms. The highest BCUT2D eigenvalue weighted by atomic mass is 35.5. The van der Waals surface area contributed by atoms with Crippen LogP contribution >= 0.6 is 23.2 Å². The average molecular weight is 218 g/mol. The van der Waals surface area contributed by atoms with E-state index in [1.807, 2.05) is 0 Å². The molecule has 0 aromatic carbocycles. The van der Waals surface area contributed by atoms with Gasteiger partial charge in [-0.2, -0.15) is 0 Å². The molecule has 6 nitrogen and oxygen atoms in total. The third-order valence-corrected chi connectivity index (χ3v) is 1.39. The Morgan fingerprint density at radius 3 is 2.00 bits per heavy atom. The van der Waals surface area contributed by atoms with Gasteiger partial charge < -0.3 is 24.5 Å². The Hall–Kier alpha value is -0.880. The molecule has 0 radical (unpaired) electrons. The van der Waals surface area contributed by atoms with Crippen molar-refractivity contribution in [3.63, 3.8) is 0 Å². The van der Waals surface area contributed by atoms with Gasteiger partial charge in [-0.3, -0.25) is 0 Å². The van der Waals surface area contributed by atoms with E-state index in [1.165, 1.54) is 0 Å². The molecule has 0 bridgehead atoms. The van der Waals surface area contributed by atoms with Gasteiger partial charge in [-0.05, 0) is 0 Å². The maximum Gasteiger partial charge on any atom is 0.507 e. The van der Waals surface area contributed by atoms with Crippen LogP contribution in [0.2, 0.25) is 0 Å². The number of hydrogen-bond acceptors (Lipinski definition) is 5. The minimum Gasteiger partial charge on any atom is -0.525 e. The Morgan fingerprint density at radius 1 is 1.25 bits per heavy atom. The summed E-state index contributed by atoms with van der Waals surface area (Å²) in [5, 5.41) is 17.7. The van der Waals surface area contributed by atoms with Gasteiger partial charge in [0.25, 0.3) is 6.16 Å². The van der Waals surface area contributed by atoms with Crippen molar-refractivity contribution in [1.29, 1.82) is 0 Å². The van der Waals surface area contributed by atoms with Gasteiger partial charge in [0, 0.05) is 0 Å².